The van der Waals surface area contributed by atoms with Crippen LogP contribution in [0.25, 0.3) is 0 Å². The number of phenols is 1. The second kappa shape index (κ2) is 5.77. The van der Waals surface area contributed by atoms with Gasteiger partial charge in [0.25, 0.3) is 0 Å². The molecule has 0 amide bonds. The van der Waals surface area contributed by atoms with Gasteiger partial charge in [-0.25, -0.2) is 0 Å². The molecule has 114 valence electrons. The second-order valence-corrected chi connectivity index (χ2v) is 6.77. The van der Waals surface area contributed by atoms with E-state index in [2.05, 4.69) is 41.3 Å². The molecule has 1 heterocycles. The molecule has 1 aliphatic carbocycles. The highest BCUT2D eigenvalue weighted by molar-refractivity contribution is 5.36. The van der Waals surface area contributed by atoms with Crippen LogP contribution in [-0.2, 0) is 12.8 Å². The molecule has 4 rings (SSSR count). The standard InChI is InChI=1S/C20H23NO/c22-19-7-6-15-8-10-21(11-9-17(15)12-19)14-18-13-20(18)16-4-2-1-3-5-16/h1-7,12,18,20,22H,8-11,13-14H2/t18-,20-/m0/s1. The number of hydrogen-bond donors (Lipinski definition) is 1. The molecule has 2 aromatic rings. The van der Waals surface area contributed by atoms with Gasteiger partial charge in [-0.2, -0.15) is 0 Å². The molecule has 2 aliphatic rings. The van der Waals surface area contributed by atoms with Gasteiger partial charge < -0.3 is 10.0 Å². The van der Waals surface area contributed by atoms with Crippen LogP contribution in [0.15, 0.2) is 48.5 Å². The molecule has 1 aliphatic heterocycles. The van der Waals surface area contributed by atoms with Crippen molar-refractivity contribution in [2.24, 2.45) is 5.92 Å². The van der Waals surface area contributed by atoms with Gasteiger partial charge in [-0.05, 0) is 59.9 Å². The minimum atomic E-state index is 0.401. The summed E-state index contributed by atoms with van der Waals surface area (Å²) < 4.78 is 0. The molecule has 0 aromatic heterocycles. The summed E-state index contributed by atoms with van der Waals surface area (Å²) in [4.78, 5) is 2.62. The fraction of sp³-hybridized carbons (Fsp3) is 0.400. The van der Waals surface area contributed by atoms with E-state index >= 15 is 0 Å². The molecule has 0 spiro atoms. The van der Waals surface area contributed by atoms with Gasteiger partial charge in [-0.15, -0.1) is 0 Å². The van der Waals surface area contributed by atoms with Crippen LogP contribution in [0.4, 0.5) is 0 Å². The van der Waals surface area contributed by atoms with Gasteiger partial charge >= 0.3 is 0 Å². The average molecular weight is 293 g/mol. The molecule has 2 heteroatoms. The SMILES string of the molecule is Oc1ccc2c(c1)CCN(C[C@@H]1C[C@H]1c1ccccc1)CC2. The first kappa shape index (κ1) is 13.8. The molecule has 2 aromatic carbocycles. The summed E-state index contributed by atoms with van der Waals surface area (Å²) >= 11 is 0. The number of phenolic OH excluding ortho intramolecular Hbond substituents is 1. The molecule has 2 atom stereocenters. The van der Waals surface area contributed by atoms with E-state index in [1.54, 1.807) is 0 Å². The van der Waals surface area contributed by atoms with Crippen molar-refractivity contribution in [1.29, 1.82) is 0 Å². The number of rotatable bonds is 3. The summed E-state index contributed by atoms with van der Waals surface area (Å²) in [5.74, 6) is 2.01. The maximum atomic E-state index is 9.65. The summed E-state index contributed by atoms with van der Waals surface area (Å²) in [5.41, 5.74) is 4.25. The first-order valence-corrected chi connectivity index (χ1v) is 8.37. The maximum Gasteiger partial charge on any atom is 0.115 e. The third-order valence-electron chi connectivity index (χ3n) is 5.23. The van der Waals surface area contributed by atoms with Crippen LogP contribution in [0.3, 0.4) is 0 Å². The number of fused-ring (bicyclic) bond motifs is 1. The van der Waals surface area contributed by atoms with E-state index in [1.165, 1.54) is 29.7 Å². The molecule has 1 fully saturated rings. The predicted molar refractivity (Wildman–Crippen MR) is 89.2 cm³/mol. The minimum Gasteiger partial charge on any atom is -0.508 e. The molecule has 0 saturated heterocycles. The Labute approximate surface area is 132 Å². The van der Waals surface area contributed by atoms with Crippen molar-refractivity contribution in [2.75, 3.05) is 19.6 Å². The predicted octanol–water partition coefficient (Wildman–Crippen LogP) is 3.60. The largest absolute Gasteiger partial charge is 0.508 e. The molecule has 1 saturated carbocycles. The third kappa shape index (κ3) is 2.89. The Hall–Kier alpha value is -1.80. The maximum absolute atomic E-state index is 9.65. The van der Waals surface area contributed by atoms with Crippen LogP contribution < -0.4 is 0 Å². The van der Waals surface area contributed by atoms with Gasteiger partial charge in [0.15, 0.2) is 0 Å². The first-order chi connectivity index (χ1) is 10.8. The highest BCUT2D eigenvalue weighted by atomic mass is 16.3. The van der Waals surface area contributed by atoms with Crippen LogP contribution in [-0.4, -0.2) is 29.6 Å². The Morgan fingerprint density at radius 3 is 2.55 bits per heavy atom. The number of aromatic hydroxyl groups is 1. The van der Waals surface area contributed by atoms with E-state index in [-0.39, 0.29) is 0 Å². The van der Waals surface area contributed by atoms with Gasteiger partial charge in [0.1, 0.15) is 5.75 Å². The quantitative estimate of drug-likeness (QED) is 0.934. The monoisotopic (exact) mass is 293 g/mol. The highest BCUT2D eigenvalue weighted by Crippen LogP contribution is 2.47. The van der Waals surface area contributed by atoms with Crippen molar-refractivity contribution < 1.29 is 5.11 Å². The van der Waals surface area contributed by atoms with Crippen molar-refractivity contribution in [3.63, 3.8) is 0 Å². The lowest BCUT2D eigenvalue weighted by atomic mass is 10.0. The van der Waals surface area contributed by atoms with Gasteiger partial charge in [-0.1, -0.05) is 36.4 Å². The molecule has 1 N–H and O–H groups in total. The fourth-order valence-electron chi connectivity index (χ4n) is 3.83. The molecule has 22 heavy (non-hydrogen) atoms. The third-order valence-corrected chi connectivity index (χ3v) is 5.23. The summed E-state index contributed by atoms with van der Waals surface area (Å²) in [5, 5.41) is 9.65. The van der Waals surface area contributed by atoms with Crippen LogP contribution in [0.5, 0.6) is 5.75 Å². The van der Waals surface area contributed by atoms with Crippen molar-refractivity contribution in [3.8, 4) is 5.75 Å². The normalized spacial score (nSPS) is 24.5. The van der Waals surface area contributed by atoms with Gasteiger partial charge in [-0.3, -0.25) is 0 Å². The lowest BCUT2D eigenvalue weighted by Gasteiger charge is -2.19. The summed E-state index contributed by atoms with van der Waals surface area (Å²) in [6, 6.07) is 16.8. The van der Waals surface area contributed by atoms with Crippen LogP contribution in [0, 0.1) is 5.92 Å². The van der Waals surface area contributed by atoms with Gasteiger partial charge in [0.2, 0.25) is 0 Å². The first-order valence-electron chi connectivity index (χ1n) is 8.37. The van der Waals surface area contributed by atoms with E-state index in [1.807, 2.05) is 12.1 Å². The molecule has 0 unspecified atom stereocenters. The zero-order valence-corrected chi connectivity index (χ0v) is 12.9. The second-order valence-electron chi connectivity index (χ2n) is 6.77. The van der Waals surface area contributed by atoms with E-state index in [9.17, 15) is 5.11 Å². The van der Waals surface area contributed by atoms with Crippen molar-refractivity contribution in [1.82, 2.24) is 4.90 Å². The minimum absolute atomic E-state index is 0.401. The molecule has 0 bridgehead atoms. The summed E-state index contributed by atoms with van der Waals surface area (Å²) in [6.07, 6.45) is 3.51. The smallest absolute Gasteiger partial charge is 0.115 e. The lowest BCUT2D eigenvalue weighted by molar-refractivity contribution is 0.274. The van der Waals surface area contributed by atoms with Crippen LogP contribution in [0.2, 0.25) is 0 Å². The van der Waals surface area contributed by atoms with E-state index in [0.717, 1.165) is 37.8 Å². The van der Waals surface area contributed by atoms with E-state index in [4.69, 9.17) is 0 Å². The highest BCUT2D eigenvalue weighted by Gasteiger charge is 2.39. The van der Waals surface area contributed by atoms with Gasteiger partial charge in [0.05, 0.1) is 0 Å². The Bertz CT molecular complexity index is 652. The molecule has 0 radical (unpaired) electrons. The fourth-order valence-corrected chi connectivity index (χ4v) is 3.83. The molecular weight excluding hydrogens is 270 g/mol. The van der Waals surface area contributed by atoms with Crippen molar-refractivity contribution >= 4 is 0 Å². The van der Waals surface area contributed by atoms with Crippen LogP contribution in [0.1, 0.15) is 29.0 Å². The number of hydrogen-bond acceptors (Lipinski definition) is 2. The zero-order chi connectivity index (χ0) is 14.9. The van der Waals surface area contributed by atoms with E-state index in [0.29, 0.717) is 5.75 Å². The van der Waals surface area contributed by atoms with E-state index < -0.39 is 0 Å². The Morgan fingerprint density at radius 2 is 1.73 bits per heavy atom. The van der Waals surface area contributed by atoms with Crippen molar-refractivity contribution in [3.05, 3.63) is 65.2 Å². The average Bonchev–Trinajstić information content (AvgIpc) is 3.33. The molecular formula is C20H23NO. The van der Waals surface area contributed by atoms with Gasteiger partial charge in [0, 0.05) is 19.6 Å². The topological polar surface area (TPSA) is 23.5 Å². The lowest BCUT2D eigenvalue weighted by Crippen LogP contribution is -2.28. The Balaban J connectivity index is 1.36. The summed E-state index contributed by atoms with van der Waals surface area (Å²) in [6.45, 7) is 3.49. The Kier molecular flexibility index (Phi) is 3.63. The summed E-state index contributed by atoms with van der Waals surface area (Å²) in [7, 11) is 0. The Morgan fingerprint density at radius 1 is 0.955 bits per heavy atom. The van der Waals surface area contributed by atoms with Crippen molar-refractivity contribution in [2.45, 2.75) is 25.2 Å². The van der Waals surface area contributed by atoms with Crippen LogP contribution >= 0.6 is 0 Å². The zero-order valence-electron chi connectivity index (χ0n) is 12.9. The molecule has 2 nitrogen and oxygen atoms in total. The number of nitrogens with zero attached hydrogens (tertiary/aromatic N) is 1. The number of benzene rings is 2.